The first-order valence-electron chi connectivity index (χ1n) is 12.7. The van der Waals surface area contributed by atoms with Gasteiger partial charge in [-0.1, -0.05) is 79.0 Å². The normalized spacial score (nSPS) is 12.2. The lowest BCUT2D eigenvalue weighted by Gasteiger charge is -2.32. The van der Waals surface area contributed by atoms with Crippen molar-refractivity contribution in [2.45, 2.75) is 45.2 Å². The van der Waals surface area contributed by atoms with E-state index in [1.807, 2.05) is 13.8 Å². The molecule has 1 N–H and O–H groups in total. The molecule has 0 radical (unpaired) electrons. The van der Waals surface area contributed by atoms with Gasteiger partial charge in [0.25, 0.3) is 10.0 Å². The Morgan fingerprint density at radius 2 is 1.55 bits per heavy atom. The van der Waals surface area contributed by atoms with Crippen molar-refractivity contribution in [2.24, 2.45) is 5.92 Å². The smallest absolute Gasteiger partial charge is 0.264 e. The van der Waals surface area contributed by atoms with Gasteiger partial charge in [0, 0.05) is 18.1 Å². The molecule has 2 amide bonds. The van der Waals surface area contributed by atoms with E-state index in [1.165, 1.54) is 23.1 Å². The van der Waals surface area contributed by atoms with Crippen LogP contribution in [0, 0.1) is 12.8 Å². The van der Waals surface area contributed by atoms with Crippen molar-refractivity contribution in [3.63, 3.8) is 0 Å². The third-order valence-corrected chi connectivity index (χ3v) is 9.18. The molecule has 0 saturated carbocycles. The molecule has 0 unspecified atom stereocenters. The van der Waals surface area contributed by atoms with Gasteiger partial charge in [-0.25, -0.2) is 8.42 Å². The molecule has 0 aromatic heterocycles. The Kier molecular flexibility index (Phi) is 10.9. The summed E-state index contributed by atoms with van der Waals surface area (Å²) in [5.41, 5.74) is 1.60. The van der Waals surface area contributed by atoms with Crippen LogP contribution in [-0.2, 0) is 26.2 Å². The number of anilines is 1. The van der Waals surface area contributed by atoms with Crippen molar-refractivity contribution in [2.75, 3.05) is 17.4 Å². The van der Waals surface area contributed by atoms with Gasteiger partial charge in [-0.15, -0.1) is 0 Å². The number of carbonyl (C=O) groups is 2. The molecule has 0 aliphatic rings. The molecule has 0 spiro atoms. The standard InChI is InChI=1S/C29H32Cl3N3O4S/c1-19(2)16-33-29(37)21(4)34(17-22-11-13-25(30)27(32)14-22)28(36)18-35(23-12-10-20(3)26(31)15-23)40(38,39)24-8-6-5-7-9-24/h5-15,19,21H,16-18H2,1-4H3,(H,33,37)/t21-/m1/s1. The number of carbonyl (C=O) groups excluding carboxylic acids is 2. The fourth-order valence-corrected chi connectivity index (χ4v) is 5.78. The van der Waals surface area contributed by atoms with Gasteiger partial charge in [0.15, 0.2) is 0 Å². The lowest BCUT2D eigenvalue weighted by atomic mass is 10.1. The zero-order valence-electron chi connectivity index (χ0n) is 22.7. The van der Waals surface area contributed by atoms with E-state index in [0.29, 0.717) is 27.2 Å². The van der Waals surface area contributed by atoms with Crippen LogP contribution in [0.2, 0.25) is 15.1 Å². The van der Waals surface area contributed by atoms with Crippen LogP contribution in [0.4, 0.5) is 5.69 Å². The average molecular weight is 625 g/mol. The highest BCUT2D eigenvalue weighted by Gasteiger charge is 2.32. The number of aryl methyl sites for hydroxylation is 1. The Hall–Kier alpha value is -2.78. The molecule has 1 atom stereocenters. The summed E-state index contributed by atoms with van der Waals surface area (Å²) in [6.45, 7) is 7.17. The van der Waals surface area contributed by atoms with Crippen LogP contribution in [0.15, 0.2) is 71.6 Å². The fourth-order valence-electron chi connectivity index (χ4n) is 3.86. The fraction of sp³-hybridized carbons (Fsp3) is 0.310. The highest BCUT2D eigenvalue weighted by Crippen LogP contribution is 2.29. The van der Waals surface area contributed by atoms with Crippen LogP contribution in [0.1, 0.15) is 31.9 Å². The van der Waals surface area contributed by atoms with Gasteiger partial charge >= 0.3 is 0 Å². The van der Waals surface area contributed by atoms with Crippen LogP contribution < -0.4 is 9.62 Å². The maximum atomic E-state index is 13.9. The second-order valence-corrected chi connectivity index (χ2v) is 12.9. The van der Waals surface area contributed by atoms with Gasteiger partial charge < -0.3 is 10.2 Å². The molecule has 11 heteroatoms. The van der Waals surface area contributed by atoms with E-state index in [-0.39, 0.29) is 29.0 Å². The third kappa shape index (κ3) is 7.91. The van der Waals surface area contributed by atoms with E-state index in [9.17, 15) is 18.0 Å². The monoisotopic (exact) mass is 623 g/mol. The summed E-state index contributed by atoms with van der Waals surface area (Å²) in [7, 11) is -4.18. The zero-order chi connectivity index (χ0) is 29.6. The first-order valence-corrected chi connectivity index (χ1v) is 15.2. The Morgan fingerprint density at radius 3 is 2.15 bits per heavy atom. The summed E-state index contributed by atoms with van der Waals surface area (Å²) in [5, 5.41) is 3.85. The first-order chi connectivity index (χ1) is 18.8. The van der Waals surface area contributed by atoms with Gasteiger partial charge in [0.2, 0.25) is 11.8 Å². The van der Waals surface area contributed by atoms with E-state index in [2.05, 4.69) is 5.32 Å². The number of hydrogen-bond donors (Lipinski definition) is 1. The van der Waals surface area contributed by atoms with Crippen molar-refractivity contribution in [1.29, 1.82) is 0 Å². The molecule has 3 rings (SSSR count). The molecule has 7 nitrogen and oxygen atoms in total. The summed E-state index contributed by atoms with van der Waals surface area (Å²) in [5.74, 6) is -0.749. The maximum absolute atomic E-state index is 13.9. The van der Waals surface area contributed by atoms with Crippen molar-refractivity contribution < 1.29 is 18.0 Å². The SMILES string of the molecule is Cc1ccc(N(CC(=O)N(Cc2ccc(Cl)c(Cl)c2)[C@H](C)C(=O)NCC(C)C)S(=O)(=O)c2ccccc2)cc1Cl. The summed E-state index contributed by atoms with van der Waals surface area (Å²) >= 11 is 18.6. The number of sulfonamides is 1. The van der Waals surface area contributed by atoms with E-state index >= 15 is 0 Å². The predicted octanol–water partition coefficient (Wildman–Crippen LogP) is 6.34. The zero-order valence-corrected chi connectivity index (χ0v) is 25.8. The Morgan fingerprint density at radius 1 is 0.875 bits per heavy atom. The molecular formula is C29H32Cl3N3O4S. The summed E-state index contributed by atoms with van der Waals surface area (Å²) in [6.07, 6.45) is 0. The van der Waals surface area contributed by atoms with Gasteiger partial charge in [0.1, 0.15) is 12.6 Å². The number of hydrogen-bond acceptors (Lipinski definition) is 4. The Balaban J connectivity index is 2.04. The lowest BCUT2D eigenvalue weighted by molar-refractivity contribution is -0.139. The van der Waals surface area contributed by atoms with Crippen LogP contribution in [0.5, 0.6) is 0 Å². The topological polar surface area (TPSA) is 86.8 Å². The summed E-state index contributed by atoms with van der Waals surface area (Å²) in [6, 6.07) is 16.6. The molecule has 0 fully saturated rings. The second-order valence-electron chi connectivity index (χ2n) is 9.84. The first kappa shape index (κ1) is 31.7. The minimum absolute atomic E-state index is 0.000133. The molecule has 3 aromatic rings. The number of rotatable bonds is 11. The maximum Gasteiger partial charge on any atom is 0.264 e. The number of nitrogens with zero attached hydrogens (tertiary/aromatic N) is 2. The van der Waals surface area contributed by atoms with Gasteiger partial charge in [-0.2, -0.15) is 0 Å². The number of amides is 2. The molecular weight excluding hydrogens is 593 g/mol. The van der Waals surface area contributed by atoms with Crippen LogP contribution in [-0.4, -0.2) is 44.3 Å². The highest BCUT2D eigenvalue weighted by atomic mass is 35.5. The molecule has 214 valence electrons. The highest BCUT2D eigenvalue weighted by molar-refractivity contribution is 7.92. The average Bonchev–Trinajstić information content (AvgIpc) is 2.92. The van der Waals surface area contributed by atoms with Gasteiger partial charge in [-0.05, 0) is 67.3 Å². The van der Waals surface area contributed by atoms with E-state index in [1.54, 1.807) is 62.4 Å². The Bertz CT molecular complexity index is 1470. The van der Waals surface area contributed by atoms with Gasteiger partial charge in [-0.3, -0.25) is 13.9 Å². The second kappa shape index (κ2) is 13.7. The van der Waals surface area contributed by atoms with Gasteiger partial charge in [0.05, 0.1) is 20.6 Å². The van der Waals surface area contributed by atoms with E-state index in [0.717, 1.165) is 9.87 Å². The number of nitrogens with one attached hydrogen (secondary N) is 1. The summed E-state index contributed by atoms with van der Waals surface area (Å²) in [4.78, 5) is 28.3. The number of benzene rings is 3. The Labute approximate surface area is 251 Å². The van der Waals surface area contributed by atoms with Crippen molar-refractivity contribution >= 4 is 62.3 Å². The molecule has 0 aliphatic heterocycles. The molecule has 3 aromatic carbocycles. The molecule has 0 saturated heterocycles. The van der Waals surface area contributed by atoms with Crippen molar-refractivity contribution in [3.8, 4) is 0 Å². The van der Waals surface area contributed by atoms with Crippen molar-refractivity contribution in [1.82, 2.24) is 10.2 Å². The molecule has 0 heterocycles. The minimum atomic E-state index is -4.18. The minimum Gasteiger partial charge on any atom is -0.354 e. The summed E-state index contributed by atoms with van der Waals surface area (Å²) < 4.78 is 28.6. The molecule has 40 heavy (non-hydrogen) atoms. The van der Waals surface area contributed by atoms with Crippen LogP contribution in [0.25, 0.3) is 0 Å². The largest absolute Gasteiger partial charge is 0.354 e. The number of halogens is 3. The van der Waals surface area contributed by atoms with E-state index in [4.69, 9.17) is 34.8 Å². The predicted molar refractivity (Wildman–Crippen MR) is 161 cm³/mol. The third-order valence-electron chi connectivity index (χ3n) is 6.24. The van der Waals surface area contributed by atoms with E-state index < -0.39 is 28.5 Å². The molecule has 0 aliphatic carbocycles. The van der Waals surface area contributed by atoms with Crippen LogP contribution >= 0.6 is 34.8 Å². The lowest BCUT2D eigenvalue weighted by Crippen LogP contribution is -2.51. The quantitative estimate of drug-likeness (QED) is 0.270. The van der Waals surface area contributed by atoms with Crippen LogP contribution in [0.3, 0.4) is 0 Å². The van der Waals surface area contributed by atoms with Crippen molar-refractivity contribution in [3.05, 3.63) is 92.9 Å². The molecule has 0 bridgehead atoms.